The van der Waals surface area contributed by atoms with Gasteiger partial charge in [0.2, 0.25) is 0 Å². The molecule has 0 radical (unpaired) electrons. The highest BCUT2D eigenvalue weighted by Crippen LogP contribution is 2.08. The van der Waals surface area contributed by atoms with Gasteiger partial charge in [0.15, 0.2) is 0 Å². The van der Waals surface area contributed by atoms with Crippen LogP contribution >= 0.6 is 0 Å². The lowest BCUT2D eigenvalue weighted by molar-refractivity contribution is -0.0187. The van der Waals surface area contributed by atoms with Crippen LogP contribution in [0, 0.1) is 0 Å². The molecular weight excluding hydrogens is 212 g/mol. The van der Waals surface area contributed by atoms with Crippen LogP contribution in [0.15, 0.2) is 0 Å². The third kappa shape index (κ3) is 6.39. The fourth-order valence-corrected chi connectivity index (χ4v) is 2.45. The molecule has 0 spiro atoms. The molecular formula is C14H30N2O. The normalized spacial score (nSPS) is 23.8. The predicted octanol–water partition coefficient (Wildman–Crippen LogP) is 2.27. The summed E-state index contributed by atoms with van der Waals surface area (Å²) in [5.41, 5.74) is 0. The van der Waals surface area contributed by atoms with Crippen molar-refractivity contribution in [2.24, 2.45) is 0 Å². The average Bonchev–Trinajstić information content (AvgIpc) is 2.33. The summed E-state index contributed by atoms with van der Waals surface area (Å²) < 4.78 is 5.56. The fraction of sp³-hybridized carbons (Fsp3) is 1.00. The fourth-order valence-electron chi connectivity index (χ4n) is 2.45. The standard InChI is InChI=1S/C14H30N2O/c1-4-8-15-14(5-2)7-6-9-16-10-11-17-13(3)12-16/h13-15H,4-12H2,1-3H3. The summed E-state index contributed by atoms with van der Waals surface area (Å²) in [5, 5.41) is 3.62. The minimum absolute atomic E-state index is 0.420. The Kier molecular flexibility index (Phi) is 7.82. The molecule has 0 aliphatic carbocycles. The van der Waals surface area contributed by atoms with Gasteiger partial charge in [-0.1, -0.05) is 13.8 Å². The lowest BCUT2D eigenvalue weighted by Gasteiger charge is -2.31. The third-order valence-electron chi connectivity index (χ3n) is 3.53. The van der Waals surface area contributed by atoms with Crippen molar-refractivity contribution < 1.29 is 4.74 Å². The number of nitrogens with zero attached hydrogens (tertiary/aromatic N) is 1. The van der Waals surface area contributed by atoms with Gasteiger partial charge in [-0.3, -0.25) is 4.90 Å². The third-order valence-corrected chi connectivity index (χ3v) is 3.53. The van der Waals surface area contributed by atoms with Crippen LogP contribution in [-0.2, 0) is 4.74 Å². The van der Waals surface area contributed by atoms with E-state index in [1.165, 1.54) is 32.2 Å². The molecule has 0 aromatic heterocycles. The SMILES string of the molecule is CCCNC(CC)CCCN1CCOC(C)C1. The van der Waals surface area contributed by atoms with Crippen LogP contribution in [0.1, 0.15) is 46.5 Å². The average molecular weight is 242 g/mol. The molecule has 3 heteroatoms. The highest BCUT2D eigenvalue weighted by Gasteiger charge is 2.16. The van der Waals surface area contributed by atoms with E-state index in [9.17, 15) is 0 Å². The summed E-state index contributed by atoms with van der Waals surface area (Å²) in [4.78, 5) is 2.54. The lowest BCUT2D eigenvalue weighted by Crippen LogP contribution is -2.41. The van der Waals surface area contributed by atoms with Crippen molar-refractivity contribution in [3.05, 3.63) is 0 Å². The maximum absolute atomic E-state index is 5.56. The van der Waals surface area contributed by atoms with Crippen LogP contribution in [0.5, 0.6) is 0 Å². The summed E-state index contributed by atoms with van der Waals surface area (Å²) in [6.07, 6.45) is 5.52. The Labute approximate surface area is 107 Å². The minimum Gasteiger partial charge on any atom is -0.376 e. The van der Waals surface area contributed by atoms with Crippen molar-refractivity contribution in [2.75, 3.05) is 32.8 Å². The quantitative estimate of drug-likeness (QED) is 0.706. The van der Waals surface area contributed by atoms with Crippen LogP contribution in [0.25, 0.3) is 0 Å². The van der Waals surface area contributed by atoms with Gasteiger partial charge in [0.25, 0.3) is 0 Å². The van der Waals surface area contributed by atoms with E-state index < -0.39 is 0 Å². The van der Waals surface area contributed by atoms with E-state index in [-0.39, 0.29) is 0 Å². The Balaban J connectivity index is 2.08. The molecule has 1 aliphatic heterocycles. The second kappa shape index (κ2) is 8.90. The molecule has 0 aromatic rings. The Bertz CT molecular complexity index is 187. The number of rotatable bonds is 8. The first-order chi connectivity index (χ1) is 8.26. The monoisotopic (exact) mass is 242 g/mol. The summed E-state index contributed by atoms with van der Waals surface area (Å²) in [6, 6.07) is 0.716. The van der Waals surface area contributed by atoms with Crippen LogP contribution in [0.2, 0.25) is 0 Å². The minimum atomic E-state index is 0.420. The van der Waals surface area contributed by atoms with E-state index >= 15 is 0 Å². The van der Waals surface area contributed by atoms with E-state index in [1.807, 2.05) is 0 Å². The van der Waals surface area contributed by atoms with Gasteiger partial charge in [-0.15, -0.1) is 0 Å². The van der Waals surface area contributed by atoms with Gasteiger partial charge in [0.05, 0.1) is 12.7 Å². The van der Waals surface area contributed by atoms with E-state index in [0.717, 1.165) is 26.2 Å². The second-order valence-electron chi connectivity index (χ2n) is 5.18. The Morgan fingerprint density at radius 2 is 2.24 bits per heavy atom. The number of hydrogen-bond acceptors (Lipinski definition) is 3. The van der Waals surface area contributed by atoms with Crippen molar-refractivity contribution >= 4 is 0 Å². The van der Waals surface area contributed by atoms with Gasteiger partial charge < -0.3 is 10.1 Å². The summed E-state index contributed by atoms with van der Waals surface area (Å²) in [6.45, 7) is 12.2. The van der Waals surface area contributed by atoms with Crippen molar-refractivity contribution in [1.82, 2.24) is 10.2 Å². The van der Waals surface area contributed by atoms with Gasteiger partial charge in [-0.05, 0) is 45.7 Å². The number of morpholine rings is 1. The van der Waals surface area contributed by atoms with Gasteiger partial charge in [0.1, 0.15) is 0 Å². The highest BCUT2D eigenvalue weighted by molar-refractivity contribution is 4.70. The summed E-state index contributed by atoms with van der Waals surface area (Å²) in [7, 11) is 0. The molecule has 17 heavy (non-hydrogen) atoms. The van der Waals surface area contributed by atoms with Crippen molar-refractivity contribution in [2.45, 2.75) is 58.6 Å². The lowest BCUT2D eigenvalue weighted by atomic mass is 10.1. The van der Waals surface area contributed by atoms with E-state index in [4.69, 9.17) is 4.74 Å². The van der Waals surface area contributed by atoms with Crippen molar-refractivity contribution in [3.63, 3.8) is 0 Å². The molecule has 1 aliphatic rings. The Hall–Kier alpha value is -0.120. The molecule has 0 amide bonds. The molecule has 1 rings (SSSR count). The zero-order chi connectivity index (χ0) is 12.5. The van der Waals surface area contributed by atoms with E-state index in [1.54, 1.807) is 0 Å². The first kappa shape index (κ1) is 14.9. The zero-order valence-corrected chi connectivity index (χ0v) is 11.9. The maximum atomic E-state index is 5.56. The first-order valence-corrected chi connectivity index (χ1v) is 7.33. The molecule has 2 atom stereocenters. The maximum Gasteiger partial charge on any atom is 0.0674 e. The molecule has 102 valence electrons. The van der Waals surface area contributed by atoms with Gasteiger partial charge in [0, 0.05) is 19.1 Å². The topological polar surface area (TPSA) is 24.5 Å². The smallest absolute Gasteiger partial charge is 0.0674 e. The molecule has 3 nitrogen and oxygen atoms in total. The molecule has 1 fully saturated rings. The predicted molar refractivity (Wildman–Crippen MR) is 73.5 cm³/mol. The van der Waals surface area contributed by atoms with Crippen LogP contribution in [-0.4, -0.2) is 49.8 Å². The molecule has 0 aromatic carbocycles. The first-order valence-electron chi connectivity index (χ1n) is 7.33. The molecule has 1 N–H and O–H groups in total. The van der Waals surface area contributed by atoms with Crippen LogP contribution in [0.3, 0.4) is 0 Å². The largest absolute Gasteiger partial charge is 0.376 e. The van der Waals surface area contributed by atoms with Crippen LogP contribution < -0.4 is 5.32 Å². The number of hydrogen-bond donors (Lipinski definition) is 1. The Morgan fingerprint density at radius 1 is 1.41 bits per heavy atom. The van der Waals surface area contributed by atoms with E-state index in [0.29, 0.717) is 12.1 Å². The Morgan fingerprint density at radius 3 is 2.88 bits per heavy atom. The van der Waals surface area contributed by atoms with Gasteiger partial charge >= 0.3 is 0 Å². The molecule has 2 unspecified atom stereocenters. The number of ether oxygens (including phenoxy) is 1. The zero-order valence-electron chi connectivity index (χ0n) is 11.9. The number of nitrogens with one attached hydrogen (secondary N) is 1. The van der Waals surface area contributed by atoms with Crippen molar-refractivity contribution in [1.29, 1.82) is 0 Å². The van der Waals surface area contributed by atoms with Gasteiger partial charge in [-0.2, -0.15) is 0 Å². The molecule has 1 saturated heterocycles. The summed E-state index contributed by atoms with van der Waals surface area (Å²) >= 11 is 0. The van der Waals surface area contributed by atoms with Crippen molar-refractivity contribution in [3.8, 4) is 0 Å². The highest BCUT2D eigenvalue weighted by atomic mass is 16.5. The molecule has 0 saturated carbocycles. The van der Waals surface area contributed by atoms with Crippen LogP contribution in [0.4, 0.5) is 0 Å². The second-order valence-corrected chi connectivity index (χ2v) is 5.18. The van der Waals surface area contributed by atoms with Gasteiger partial charge in [-0.25, -0.2) is 0 Å². The molecule has 1 heterocycles. The summed E-state index contributed by atoms with van der Waals surface area (Å²) in [5.74, 6) is 0. The molecule has 0 bridgehead atoms. The van der Waals surface area contributed by atoms with E-state index in [2.05, 4.69) is 31.0 Å².